The van der Waals surface area contributed by atoms with Crippen LogP contribution < -0.4 is 4.74 Å². The first kappa shape index (κ1) is 15.7. The van der Waals surface area contributed by atoms with E-state index in [0.717, 1.165) is 12.5 Å². The van der Waals surface area contributed by atoms with E-state index >= 15 is 0 Å². The average Bonchev–Trinajstić information content (AvgIpc) is 2.40. The minimum atomic E-state index is -3.67. The molecule has 0 aliphatic heterocycles. The zero-order valence-electron chi connectivity index (χ0n) is 10.6. The Kier molecular flexibility index (Phi) is 4.46. The molecule has 0 aliphatic carbocycles. The lowest BCUT2D eigenvalue weighted by molar-refractivity contribution is 0.0727. The van der Waals surface area contributed by atoms with E-state index < -0.39 is 21.0 Å². The molecule has 0 atom stereocenters. The van der Waals surface area contributed by atoms with Gasteiger partial charge in [0.1, 0.15) is 5.75 Å². The molecule has 0 N–H and O–H groups in total. The molecule has 0 spiro atoms. The van der Waals surface area contributed by atoms with E-state index in [1.807, 2.05) is 0 Å². The minimum Gasteiger partial charge on any atom is -0.420 e. The number of ether oxygens (including phenoxy) is 1. The molecular formula is C12H8Cl2N2O4S. The number of hydrogen-bond donors (Lipinski definition) is 0. The van der Waals surface area contributed by atoms with Crippen LogP contribution in [0.5, 0.6) is 5.75 Å². The molecule has 1 aromatic heterocycles. The van der Waals surface area contributed by atoms with Gasteiger partial charge in [-0.25, -0.2) is 23.2 Å². The zero-order chi connectivity index (χ0) is 15.6. The van der Waals surface area contributed by atoms with Crippen LogP contribution in [-0.4, -0.2) is 30.6 Å². The summed E-state index contributed by atoms with van der Waals surface area (Å²) in [5, 5.41) is -0.420. The molecule has 9 heteroatoms. The van der Waals surface area contributed by atoms with Gasteiger partial charge >= 0.3 is 5.97 Å². The highest BCUT2D eigenvalue weighted by Crippen LogP contribution is 2.25. The van der Waals surface area contributed by atoms with E-state index in [9.17, 15) is 13.2 Å². The van der Waals surface area contributed by atoms with Crippen molar-refractivity contribution in [2.75, 3.05) is 6.26 Å². The summed E-state index contributed by atoms with van der Waals surface area (Å²) in [7, 11) is -3.67. The van der Waals surface area contributed by atoms with Crippen LogP contribution in [0.15, 0.2) is 35.6 Å². The van der Waals surface area contributed by atoms with E-state index in [-0.39, 0.29) is 21.5 Å². The lowest BCUT2D eigenvalue weighted by Gasteiger charge is -2.07. The Morgan fingerprint density at radius 1 is 1.19 bits per heavy atom. The molecule has 0 fully saturated rings. The highest BCUT2D eigenvalue weighted by Gasteiger charge is 2.21. The molecule has 0 amide bonds. The minimum absolute atomic E-state index is 0.111. The fourth-order valence-corrected chi connectivity index (χ4v) is 2.19. The highest BCUT2D eigenvalue weighted by atomic mass is 35.5. The number of carbonyl (C=O) groups excluding carboxylic acids is 1. The molecule has 0 radical (unpaired) electrons. The Balaban J connectivity index is 2.38. The maximum atomic E-state index is 12.0. The van der Waals surface area contributed by atoms with Crippen molar-refractivity contribution in [2.45, 2.75) is 5.16 Å². The van der Waals surface area contributed by atoms with Crippen LogP contribution in [0.4, 0.5) is 0 Å². The summed E-state index contributed by atoms with van der Waals surface area (Å²) in [6.07, 6.45) is 1.94. The first-order valence-corrected chi connectivity index (χ1v) is 8.13. The Morgan fingerprint density at radius 3 is 2.48 bits per heavy atom. The Labute approximate surface area is 130 Å². The molecule has 6 nitrogen and oxygen atoms in total. The third-order valence-electron chi connectivity index (χ3n) is 2.29. The number of esters is 1. The Bertz CT molecular complexity index is 809. The van der Waals surface area contributed by atoms with Crippen LogP contribution >= 0.6 is 23.2 Å². The fourth-order valence-electron chi connectivity index (χ4n) is 1.35. The topological polar surface area (TPSA) is 86.2 Å². The predicted octanol–water partition coefficient (Wildman–Crippen LogP) is 2.41. The molecule has 0 bridgehead atoms. The van der Waals surface area contributed by atoms with Gasteiger partial charge in [-0.1, -0.05) is 35.3 Å². The predicted molar refractivity (Wildman–Crippen MR) is 76.6 cm³/mol. The second-order valence-electron chi connectivity index (χ2n) is 3.94. The molecule has 1 heterocycles. The number of para-hydroxylation sites is 1. The quantitative estimate of drug-likeness (QED) is 0.481. The molecule has 0 saturated heterocycles. The Morgan fingerprint density at radius 2 is 1.86 bits per heavy atom. The number of carbonyl (C=O) groups is 1. The smallest absolute Gasteiger partial charge is 0.364 e. The average molecular weight is 347 g/mol. The second-order valence-corrected chi connectivity index (χ2v) is 6.67. The van der Waals surface area contributed by atoms with E-state index in [1.165, 1.54) is 12.1 Å². The highest BCUT2D eigenvalue weighted by molar-refractivity contribution is 7.90. The molecule has 21 heavy (non-hydrogen) atoms. The van der Waals surface area contributed by atoms with Crippen LogP contribution in [0.2, 0.25) is 10.0 Å². The fraction of sp³-hybridized carbons (Fsp3) is 0.0833. The molecule has 1 aromatic carbocycles. The van der Waals surface area contributed by atoms with E-state index in [4.69, 9.17) is 27.9 Å². The molecule has 110 valence electrons. The van der Waals surface area contributed by atoms with Crippen LogP contribution in [0.3, 0.4) is 0 Å². The van der Waals surface area contributed by atoms with Crippen molar-refractivity contribution in [3.05, 3.63) is 46.2 Å². The SMILES string of the molecule is CS(=O)(=O)c1ncc(Cl)c(C(=O)Oc2ccccc2Cl)n1. The summed E-state index contributed by atoms with van der Waals surface area (Å²) in [5.41, 5.74) is -0.355. The van der Waals surface area contributed by atoms with Crippen molar-refractivity contribution in [3.8, 4) is 5.75 Å². The van der Waals surface area contributed by atoms with Gasteiger partial charge in [0, 0.05) is 6.26 Å². The summed E-state index contributed by atoms with van der Waals surface area (Å²) in [5.74, 6) is -0.819. The van der Waals surface area contributed by atoms with Gasteiger partial charge in [0.15, 0.2) is 5.69 Å². The first-order valence-electron chi connectivity index (χ1n) is 5.48. The van der Waals surface area contributed by atoms with Gasteiger partial charge in [0.2, 0.25) is 15.0 Å². The van der Waals surface area contributed by atoms with Crippen molar-refractivity contribution in [2.24, 2.45) is 0 Å². The normalized spacial score (nSPS) is 11.2. The first-order chi connectivity index (χ1) is 9.79. The van der Waals surface area contributed by atoms with E-state index in [0.29, 0.717) is 0 Å². The summed E-state index contributed by atoms with van der Waals surface area (Å²) < 4.78 is 27.8. The van der Waals surface area contributed by atoms with Gasteiger partial charge in [-0.05, 0) is 12.1 Å². The largest absolute Gasteiger partial charge is 0.420 e. The number of benzene rings is 1. The van der Waals surface area contributed by atoms with E-state index in [2.05, 4.69) is 9.97 Å². The van der Waals surface area contributed by atoms with E-state index in [1.54, 1.807) is 12.1 Å². The number of hydrogen-bond acceptors (Lipinski definition) is 6. The molecular weight excluding hydrogens is 339 g/mol. The van der Waals surface area contributed by atoms with Crippen molar-refractivity contribution in [1.82, 2.24) is 9.97 Å². The maximum absolute atomic E-state index is 12.0. The zero-order valence-corrected chi connectivity index (χ0v) is 12.9. The van der Waals surface area contributed by atoms with Gasteiger partial charge in [-0.2, -0.15) is 0 Å². The Hall–Kier alpha value is -1.70. The third-order valence-corrected chi connectivity index (χ3v) is 3.74. The number of halogens is 2. The van der Waals surface area contributed by atoms with Gasteiger partial charge in [-0.15, -0.1) is 0 Å². The van der Waals surface area contributed by atoms with Gasteiger partial charge in [-0.3, -0.25) is 0 Å². The van der Waals surface area contributed by atoms with Crippen molar-refractivity contribution in [1.29, 1.82) is 0 Å². The lowest BCUT2D eigenvalue weighted by Crippen LogP contribution is -2.15. The lowest BCUT2D eigenvalue weighted by atomic mass is 10.3. The molecule has 2 aromatic rings. The molecule has 0 saturated carbocycles. The maximum Gasteiger partial charge on any atom is 0.364 e. The van der Waals surface area contributed by atoms with Crippen LogP contribution in [0, 0.1) is 0 Å². The van der Waals surface area contributed by atoms with Gasteiger partial charge in [0.25, 0.3) is 0 Å². The summed E-state index contributed by atoms with van der Waals surface area (Å²) in [6.45, 7) is 0. The molecule has 2 rings (SSSR count). The van der Waals surface area contributed by atoms with Crippen molar-refractivity contribution in [3.63, 3.8) is 0 Å². The van der Waals surface area contributed by atoms with Crippen LogP contribution in [0.25, 0.3) is 0 Å². The number of nitrogens with zero attached hydrogens (tertiary/aromatic N) is 2. The van der Waals surface area contributed by atoms with Crippen molar-refractivity contribution >= 4 is 39.0 Å². The van der Waals surface area contributed by atoms with Gasteiger partial charge in [0.05, 0.1) is 16.2 Å². The van der Waals surface area contributed by atoms with Gasteiger partial charge < -0.3 is 4.74 Å². The number of sulfone groups is 1. The molecule has 0 unspecified atom stereocenters. The standard InChI is InChI=1S/C12H8Cl2N2O4S/c1-21(18,19)12-15-6-8(14)10(16-12)11(17)20-9-5-3-2-4-7(9)13/h2-6H,1H3. The van der Waals surface area contributed by atoms with Crippen LogP contribution in [0.1, 0.15) is 10.5 Å². The number of aromatic nitrogens is 2. The number of rotatable bonds is 3. The second kappa shape index (κ2) is 5.97. The van der Waals surface area contributed by atoms with Crippen molar-refractivity contribution < 1.29 is 17.9 Å². The molecule has 0 aliphatic rings. The third kappa shape index (κ3) is 3.69. The summed E-state index contributed by atoms with van der Waals surface area (Å²) in [6, 6.07) is 6.30. The monoisotopic (exact) mass is 346 g/mol. The summed E-state index contributed by atoms with van der Waals surface area (Å²) >= 11 is 11.7. The summed E-state index contributed by atoms with van der Waals surface area (Å²) in [4.78, 5) is 19.2. The van der Waals surface area contributed by atoms with Crippen LogP contribution in [-0.2, 0) is 9.84 Å².